The van der Waals surface area contributed by atoms with E-state index in [1.165, 1.54) is 30.1 Å². The van der Waals surface area contributed by atoms with E-state index in [1.54, 1.807) is 13.0 Å². The van der Waals surface area contributed by atoms with Crippen LogP contribution in [0.1, 0.15) is 26.4 Å². The molecule has 0 bridgehead atoms. The molecule has 1 heterocycles. The lowest BCUT2D eigenvalue weighted by Crippen LogP contribution is -2.17. The van der Waals surface area contributed by atoms with Crippen LogP contribution in [-0.4, -0.2) is 33.4 Å². The second-order valence-electron chi connectivity index (χ2n) is 4.70. The highest BCUT2D eigenvalue weighted by atomic mass is 19.3. The van der Waals surface area contributed by atoms with Crippen LogP contribution in [0.2, 0.25) is 0 Å². The molecule has 0 aliphatic carbocycles. The zero-order chi connectivity index (χ0) is 17.1. The lowest BCUT2D eigenvalue weighted by atomic mass is 10.2. The van der Waals surface area contributed by atoms with E-state index >= 15 is 0 Å². The van der Waals surface area contributed by atoms with E-state index in [0.717, 1.165) is 0 Å². The van der Waals surface area contributed by atoms with Crippen molar-refractivity contribution in [3.8, 4) is 5.75 Å². The number of nitrogens with one attached hydrogen (secondary N) is 1. The molecule has 0 saturated carbocycles. The van der Waals surface area contributed by atoms with Crippen LogP contribution >= 0.6 is 0 Å². The first kappa shape index (κ1) is 16.4. The number of aromatic nitrogens is 2. The minimum absolute atomic E-state index is 0.0112. The summed E-state index contributed by atoms with van der Waals surface area (Å²) in [4.78, 5) is 23.3. The quantitative estimate of drug-likeness (QED) is 0.879. The molecule has 0 saturated heterocycles. The monoisotopic (exact) mass is 325 g/mol. The van der Waals surface area contributed by atoms with E-state index < -0.39 is 18.5 Å². The fourth-order valence-electron chi connectivity index (χ4n) is 1.92. The van der Waals surface area contributed by atoms with Crippen molar-refractivity contribution in [2.45, 2.75) is 13.5 Å². The standard InChI is InChI=1S/C14H13F2N3O4/c1-7-3-4-9(10(5-7)23-14(15)16)17-12(20)11-8(13(21)22)6-19(2)18-11/h3-6,14H,1-2H3,(H,17,20)(H,21,22). The molecular weight excluding hydrogens is 312 g/mol. The first-order valence-corrected chi connectivity index (χ1v) is 6.41. The van der Waals surface area contributed by atoms with Crippen LogP contribution in [0.3, 0.4) is 0 Å². The van der Waals surface area contributed by atoms with Gasteiger partial charge < -0.3 is 15.2 Å². The second-order valence-corrected chi connectivity index (χ2v) is 4.70. The third kappa shape index (κ3) is 3.82. The number of hydrogen-bond donors (Lipinski definition) is 2. The molecule has 0 aliphatic rings. The van der Waals surface area contributed by atoms with Crippen LogP contribution in [0.25, 0.3) is 0 Å². The fraction of sp³-hybridized carbons (Fsp3) is 0.214. The molecule has 0 aliphatic heterocycles. The van der Waals surface area contributed by atoms with Gasteiger partial charge in [0.05, 0.1) is 5.69 Å². The number of benzene rings is 1. The van der Waals surface area contributed by atoms with E-state index in [2.05, 4.69) is 15.2 Å². The minimum atomic E-state index is -3.06. The summed E-state index contributed by atoms with van der Waals surface area (Å²) in [5.41, 5.74) is 0.0163. The number of hydrogen-bond acceptors (Lipinski definition) is 4. The number of carbonyl (C=O) groups is 2. The van der Waals surface area contributed by atoms with Gasteiger partial charge in [-0.1, -0.05) is 6.07 Å². The maximum Gasteiger partial charge on any atom is 0.387 e. The molecule has 2 aromatic rings. The van der Waals surface area contributed by atoms with Crippen molar-refractivity contribution in [3.05, 3.63) is 41.2 Å². The van der Waals surface area contributed by atoms with Gasteiger partial charge >= 0.3 is 12.6 Å². The molecule has 7 nitrogen and oxygen atoms in total. The number of carboxylic acid groups (broad SMARTS) is 1. The number of carbonyl (C=O) groups excluding carboxylic acids is 1. The summed E-state index contributed by atoms with van der Waals surface area (Å²) in [5, 5.41) is 15.1. The van der Waals surface area contributed by atoms with Gasteiger partial charge in [0.25, 0.3) is 5.91 Å². The lowest BCUT2D eigenvalue weighted by molar-refractivity contribution is -0.0494. The van der Waals surface area contributed by atoms with Crippen molar-refractivity contribution in [1.29, 1.82) is 0 Å². The van der Waals surface area contributed by atoms with E-state index in [-0.39, 0.29) is 22.7 Å². The van der Waals surface area contributed by atoms with Crippen LogP contribution in [0.5, 0.6) is 5.75 Å². The van der Waals surface area contributed by atoms with Gasteiger partial charge in [0, 0.05) is 13.2 Å². The molecule has 2 N–H and O–H groups in total. The van der Waals surface area contributed by atoms with Crippen LogP contribution in [0, 0.1) is 6.92 Å². The highest BCUT2D eigenvalue weighted by Gasteiger charge is 2.22. The fourth-order valence-corrected chi connectivity index (χ4v) is 1.92. The van der Waals surface area contributed by atoms with Crippen molar-refractivity contribution in [2.75, 3.05) is 5.32 Å². The van der Waals surface area contributed by atoms with Crippen LogP contribution in [-0.2, 0) is 7.05 Å². The Labute approximate surface area is 129 Å². The Bertz CT molecular complexity index is 758. The number of anilines is 1. The molecule has 0 spiro atoms. The summed E-state index contributed by atoms with van der Waals surface area (Å²) < 4.78 is 30.4. The summed E-state index contributed by atoms with van der Waals surface area (Å²) in [7, 11) is 1.46. The van der Waals surface area contributed by atoms with Crippen molar-refractivity contribution < 1.29 is 28.2 Å². The SMILES string of the molecule is Cc1ccc(NC(=O)c2nn(C)cc2C(=O)O)c(OC(F)F)c1. The van der Waals surface area contributed by atoms with Crippen LogP contribution < -0.4 is 10.1 Å². The number of aryl methyl sites for hydroxylation is 2. The van der Waals surface area contributed by atoms with E-state index in [0.29, 0.717) is 5.56 Å². The Morgan fingerprint density at radius 1 is 1.39 bits per heavy atom. The number of rotatable bonds is 5. The Morgan fingerprint density at radius 2 is 2.09 bits per heavy atom. The Hall–Kier alpha value is -2.97. The summed E-state index contributed by atoms with van der Waals surface area (Å²) in [6, 6.07) is 4.30. The number of ether oxygens (including phenoxy) is 1. The Balaban J connectivity index is 2.32. The average Bonchev–Trinajstić information content (AvgIpc) is 2.83. The van der Waals surface area contributed by atoms with E-state index in [4.69, 9.17) is 5.11 Å². The van der Waals surface area contributed by atoms with E-state index in [9.17, 15) is 18.4 Å². The summed E-state index contributed by atoms with van der Waals surface area (Å²) in [5.74, 6) is -2.39. The lowest BCUT2D eigenvalue weighted by Gasteiger charge is -2.12. The largest absolute Gasteiger partial charge is 0.478 e. The maximum atomic E-state index is 12.4. The zero-order valence-corrected chi connectivity index (χ0v) is 12.2. The van der Waals surface area contributed by atoms with Crippen molar-refractivity contribution >= 4 is 17.6 Å². The first-order chi connectivity index (χ1) is 10.8. The van der Waals surface area contributed by atoms with Crippen molar-refractivity contribution in [2.24, 2.45) is 7.05 Å². The van der Waals surface area contributed by atoms with Crippen LogP contribution in [0.4, 0.5) is 14.5 Å². The van der Waals surface area contributed by atoms with Crippen molar-refractivity contribution in [1.82, 2.24) is 9.78 Å². The number of alkyl halides is 2. The highest BCUT2D eigenvalue weighted by Crippen LogP contribution is 2.28. The minimum Gasteiger partial charge on any atom is -0.478 e. The number of halogens is 2. The van der Waals surface area contributed by atoms with Crippen LogP contribution in [0.15, 0.2) is 24.4 Å². The molecule has 0 radical (unpaired) electrons. The second kappa shape index (κ2) is 6.42. The first-order valence-electron chi connectivity index (χ1n) is 6.41. The molecule has 1 aromatic heterocycles. The number of amides is 1. The normalized spacial score (nSPS) is 10.7. The predicted molar refractivity (Wildman–Crippen MR) is 75.9 cm³/mol. The summed E-state index contributed by atoms with van der Waals surface area (Å²) in [6.07, 6.45) is 1.17. The summed E-state index contributed by atoms with van der Waals surface area (Å²) in [6.45, 7) is -1.39. The van der Waals surface area contributed by atoms with Gasteiger partial charge in [0.15, 0.2) is 5.69 Å². The smallest absolute Gasteiger partial charge is 0.387 e. The number of carboxylic acids is 1. The zero-order valence-electron chi connectivity index (χ0n) is 12.2. The van der Waals surface area contributed by atoms with Gasteiger partial charge in [0.1, 0.15) is 11.3 Å². The third-order valence-corrected chi connectivity index (χ3v) is 2.88. The Kier molecular flexibility index (Phi) is 4.58. The molecule has 1 aromatic carbocycles. The third-order valence-electron chi connectivity index (χ3n) is 2.88. The molecule has 23 heavy (non-hydrogen) atoms. The van der Waals surface area contributed by atoms with Gasteiger partial charge in [-0.25, -0.2) is 4.79 Å². The molecule has 9 heteroatoms. The van der Waals surface area contributed by atoms with Gasteiger partial charge in [-0.3, -0.25) is 9.48 Å². The van der Waals surface area contributed by atoms with Gasteiger partial charge in [0.2, 0.25) is 0 Å². The average molecular weight is 325 g/mol. The molecule has 122 valence electrons. The van der Waals surface area contributed by atoms with E-state index in [1.807, 2.05) is 0 Å². The van der Waals surface area contributed by atoms with Gasteiger partial charge in [-0.15, -0.1) is 0 Å². The molecule has 0 atom stereocenters. The van der Waals surface area contributed by atoms with Crippen molar-refractivity contribution in [3.63, 3.8) is 0 Å². The number of aromatic carboxylic acids is 1. The van der Waals surface area contributed by atoms with Gasteiger partial charge in [-0.2, -0.15) is 13.9 Å². The highest BCUT2D eigenvalue weighted by molar-refractivity contribution is 6.09. The maximum absolute atomic E-state index is 12.4. The topological polar surface area (TPSA) is 93.5 Å². The number of nitrogens with zero attached hydrogens (tertiary/aromatic N) is 2. The molecule has 0 unspecified atom stereocenters. The summed E-state index contributed by atoms with van der Waals surface area (Å²) >= 11 is 0. The predicted octanol–water partition coefficient (Wildman–Crippen LogP) is 2.28. The molecular formula is C14H13F2N3O4. The molecule has 0 fully saturated rings. The molecule has 2 rings (SSSR count). The molecule has 1 amide bonds. The Morgan fingerprint density at radius 3 is 2.70 bits per heavy atom. The van der Waals surface area contributed by atoms with Gasteiger partial charge in [-0.05, 0) is 24.6 Å².